The van der Waals surface area contributed by atoms with Crippen LogP contribution in [0.3, 0.4) is 0 Å². The molecule has 1 fully saturated rings. The molecule has 0 N–H and O–H groups in total. The maximum absolute atomic E-state index is 12.9. The van der Waals surface area contributed by atoms with Crippen LogP contribution in [0, 0.1) is 0 Å². The van der Waals surface area contributed by atoms with E-state index in [1.54, 1.807) is 7.11 Å². The lowest BCUT2D eigenvalue weighted by molar-refractivity contribution is 0.0773. The Labute approximate surface area is 220 Å². The Morgan fingerprint density at radius 2 is 1.64 bits per heavy atom. The normalized spacial score (nSPS) is 14.4. The number of carbonyl (C=O) groups is 1. The third-order valence-corrected chi connectivity index (χ3v) is 7.35. The molecule has 1 aliphatic rings. The first-order valence-electron chi connectivity index (χ1n) is 12.8. The number of likely N-dealkylation sites (tertiary alicyclic amines) is 1. The predicted octanol–water partition coefficient (Wildman–Crippen LogP) is 6.63. The summed E-state index contributed by atoms with van der Waals surface area (Å²) < 4.78 is 5.52. The summed E-state index contributed by atoms with van der Waals surface area (Å²) >= 11 is 6.75. The molecule has 0 aromatic heterocycles. The highest BCUT2D eigenvalue weighted by Crippen LogP contribution is 2.39. The Kier molecular flexibility index (Phi) is 8.89. The summed E-state index contributed by atoms with van der Waals surface area (Å²) in [7, 11) is 1.67. The third kappa shape index (κ3) is 6.03. The van der Waals surface area contributed by atoms with Crippen molar-refractivity contribution >= 4 is 28.9 Å². The van der Waals surface area contributed by atoms with E-state index in [0.717, 1.165) is 49.6 Å². The molecule has 6 heteroatoms. The molecule has 3 aromatic carbocycles. The number of halogens is 1. The second-order valence-corrected chi connectivity index (χ2v) is 9.61. The summed E-state index contributed by atoms with van der Waals surface area (Å²) in [5.74, 6) is 0.834. The zero-order valence-electron chi connectivity index (χ0n) is 21.5. The SMILES string of the molecule is CCN(CC)C(=O)c1ccc(N(c2cc(OC)ccc2Cl)C2CCN(Cc3ccccc3)CC2)cc1. The number of rotatable bonds is 9. The second-order valence-electron chi connectivity index (χ2n) is 9.20. The van der Waals surface area contributed by atoms with Crippen molar-refractivity contribution in [1.82, 2.24) is 9.80 Å². The average molecular weight is 506 g/mol. The van der Waals surface area contributed by atoms with Crippen molar-refractivity contribution in [2.45, 2.75) is 39.3 Å². The van der Waals surface area contributed by atoms with Crippen molar-refractivity contribution < 1.29 is 9.53 Å². The first kappa shape index (κ1) is 26.1. The van der Waals surface area contributed by atoms with Gasteiger partial charge in [-0.05, 0) is 68.7 Å². The summed E-state index contributed by atoms with van der Waals surface area (Å²) in [4.78, 5) is 19.5. The minimum atomic E-state index is 0.0618. The zero-order chi connectivity index (χ0) is 25.5. The molecule has 0 aliphatic carbocycles. The molecule has 190 valence electrons. The Morgan fingerprint density at radius 1 is 0.972 bits per heavy atom. The molecule has 0 bridgehead atoms. The van der Waals surface area contributed by atoms with E-state index < -0.39 is 0 Å². The molecule has 1 saturated heterocycles. The lowest BCUT2D eigenvalue weighted by atomic mass is 10.00. The number of hydrogen-bond donors (Lipinski definition) is 0. The van der Waals surface area contributed by atoms with Gasteiger partial charge in [0.15, 0.2) is 0 Å². The maximum Gasteiger partial charge on any atom is 0.253 e. The number of ether oxygens (including phenoxy) is 1. The quantitative estimate of drug-likeness (QED) is 0.327. The molecule has 3 aromatic rings. The van der Waals surface area contributed by atoms with Gasteiger partial charge in [0.2, 0.25) is 0 Å². The molecule has 36 heavy (non-hydrogen) atoms. The van der Waals surface area contributed by atoms with Gasteiger partial charge in [-0.25, -0.2) is 0 Å². The van der Waals surface area contributed by atoms with Crippen LogP contribution in [0.1, 0.15) is 42.6 Å². The lowest BCUT2D eigenvalue weighted by Crippen LogP contribution is -2.43. The number of piperidine rings is 1. The second kappa shape index (κ2) is 12.3. The zero-order valence-corrected chi connectivity index (χ0v) is 22.2. The van der Waals surface area contributed by atoms with Crippen LogP contribution in [0.15, 0.2) is 72.8 Å². The summed E-state index contributed by atoms with van der Waals surface area (Å²) in [6.45, 7) is 8.40. The fraction of sp³-hybridized carbons (Fsp3) is 0.367. The van der Waals surface area contributed by atoms with Crippen molar-refractivity contribution in [3.05, 3.63) is 88.9 Å². The van der Waals surface area contributed by atoms with Gasteiger partial charge >= 0.3 is 0 Å². The van der Waals surface area contributed by atoms with Gasteiger partial charge < -0.3 is 14.5 Å². The molecule has 0 radical (unpaired) electrons. The molecular formula is C30H36ClN3O2. The first-order valence-corrected chi connectivity index (χ1v) is 13.2. The molecule has 5 nitrogen and oxygen atoms in total. The maximum atomic E-state index is 12.9. The van der Waals surface area contributed by atoms with Crippen molar-refractivity contribution in [1.29, 1.82) is 0 Å². The van der Waals surface area contributed by atoms with Gasteiger partial charge in [0, 0.05) is 56.1 Å². The number of benzene rings is 3. The van der Waals surface area contributed by atoms with Gasteiger partial charge in [-0.2, -0.15) is 0 Å². The molecule has 1 heterocycles. The smallest absolute Gasteiger partial charge is 0.253 e. The van der Waals surface area contributed by atoms with Crippen LogP contribution in [0.4, 0.5) is 11.4 Å². The van der Waals surface area contributed by atoms with Gasteiger partial charge in [0.05, 0.1) is 17.8 Å². The number of carbonyl (C=O) groups excluding carboxylic acids is 1. The fourth-order valence-electron chi connectivity index (χ4n) is 4.99. The first-order chi connectivity index (χ1) is 17.5. The van der Waals surface area contributed by atoms with E-state index >= 15 is 0 Å². The topological polar surface area (TPSA) is 36.0 Å². The number of amides is 1. The molecule has 0 spiro atoms. The minimum Gasteiger partial charge on any atom is -0.497 e. The van der Waals surface area contributed by atoms with E-state index in [-0.39, 0.29) is 11.9 Å². The van der Waals surface area contributed by atoms with Crippen LogP contribution >= 0.6 is 11.6 Å². The molecule has 1 amide bonds. The standard InChI is InChI=1S/C30H36ClN3O2/c1-4-33(5-2)30(35)24-11-13-25(14-12-24)34(29-21-27(36-3)15-16-28(29)31)26-17-19-32(20-18-26)22-23-9-7-6-8-10-23/h6-16,21,26H,4-5,17-20,22H2,1-3H3. The Balaban J connectivity index is 1.59. The van der Waals surface area contributed by atoms with Crippen LogP contribution in [0.25, 0.3) is 0 Å². The molecule has 0 unspecified atom stereocenters. The van der Waals surface area contributed by atoms with Gasteiger partial charge in [-0.1, -0.05) is 41.9 Å². The van der Waals surface area contributed by atoms with Crippen LogP contribution in [-0.2, 0) is 6.54 Å². The van der Waals surface area contributed by atoms with E-state index in [2.05, 4.69) is 40.1 Å². The molecule has 1 aliphatic heterocycles. The van der Waals surface area contributed by atoms with E-state index in [0.29, 0.717) is 23.7 Å². The van der Waals surface area contributed by atoms with E-state index in [1.807, 2.05) is 61.2 Å². The fourth-order valence-corrected chi connectivity index (χ4v) is 5.19. The van der Waals surface area contributed by atoms with Crippen LogP contribution in [0.5, 0.6) is 5.75 Å². The van der Waals surface area contributed by atoms with Crippen molar-refractivity contribution in [2.24, 2.45) is 0 Å². The van der Waals surface area contributed by atoms with Gasteiger partial charge in [0.25, 0.3) is 5.91 Å². The molecule has 4 rings (SSSR count). The average Bonchev–Trinajstić information content (AvgIpc) is 2.92. The largest absolute Gasteiger partial charge is 0.497 e. The highest BCUT2D eigenvalue weighted by molar-refractivity contribution is 6.33. The van der Waals surface area contributed by atoms with E-state index in [4.69, 9.17) is 16.3 Å². The van der Waals surface area contributed by atoms with Gasteiger partial charge in [-0.15, -0.1) is 0 Å². The Morgan fingerprint density at radius 3 is 2.25 bits per heavy atom. The summed E-state index contributed by atoms with van der Waals surface area (Å²) in [6, 6.07) is 24.7. The van der Waals surface area contributed by atoms with Crippen LogP contribution in [0.2, 0.25) is 5.02 Å². The summed E-state index contributed by atoms with van der Waals surface area (Å²) in [6.07, 6.45) is 2.03. The summed E-state index contributed by atoms with van der Waals surface area (Å²) in [5, 5.41) is 0.686. The van der Waals surface area contributed by atoms with Crippen molar-refractivity contribution in [3.63, 3.8) is 0 Å². The van der Waals surface area contributed by atoms with Gasteiger partial charge in [-0.3, -0.25) is 9.69 Å². The van der Waals surface area contributed by atoms with Gasteiger partial charge in [0.1, 0.15) is 5.75 Å². The number of methoxy groups -OCH3 is 1. The molecule has 0 atom stereocenters. The Bertz CT molecular complexity index is 1120. The van der Waals surface area contributed by atoms with E-state index in [1.165, 1.54) is 5.56 Å². The van der Waals surface area contributed by atoms with Crippen LogP contribution in [-0.4, -0.2) is 55.0 Å². The Hall–Kier alpha value is -3.02. The van der Waals surface area contributed by atoms with E-state index in [9.17, 15) is 4.79 Å². The highest BCUT2D eigenvalue weighted by Gasteiger charge is 2.28. The number of hydrogen-bond acceptors (Lipinski definition) is 4. The highest BCUT2D eigenvalue weighted by atomic mass is 35.5. The third-order valence-electron chi connectivity index (χ3n) is 7.03. The number of anilines is 2. The monoisotopic (exact) mass is 505 g/mol. The minimum absolute atomic E-state index is 0.0618. The molecular weight excluding hydrogens is 470 g/mol. The molecule has 0 saturated carbocycles. The predicted molar refractivity (Wildman–Crippen MR) is 149 cm³/mol. The van der Waals surface area contributed by atoms with Crippen molar-refractivity contribution in [3.8, 4) is 5.75 Å². The van der Waals surface area contributed by atoms with Crippen molar-refractivity contribution in [2.75, 3.05) is 38.2 Å². The summed E-state index contributed by atoms with van der Waals surface area (Å²) in [5.41, 5.74) is 4.01. The van der Waals surface area contributed by atoms with Crippen LogP contribution < -0.4 is 9.64 Å². The number of nitrogens with zero attached hydrogens (tertiary/aromatic N) is 3. The lowest BCUT2D eigenvalue weighted by Gasteiger charge is -2.40.